The van der Waals surface area contributed by atoms with Gasteiger partial charge in [0.2, 0.25) is 5.91 Å². The maximum Gasteiger partial charge on any atom is 0.249 e. The molecule has 0 aliphatic carbocycles. The molecule has 0 radical (unpaired) electrons. The van der Waals surface area contributed by atoms with E-state index in [1.807, 2.05) is 29.2 Å². The van der Waals surface area contributed by atoms with Crippen LogP contribution < -0.4 is 9.47 Å². The summed E-state index contributed by atoms with van der Waals surface area (Å²) in [5.74, 6) is 1.48. The molecule has 1 aromatic carbocycles. The van der Waals surface area contributed by atoms with Crippen LogP contribution in [0.3, 0.4) is 0 Å². The fourth-order valence-electron chi connectivity index (χ4n) is 4.89. The summed E-state index contributed by atoms with van der Waals surface area (Å²) < 4.78 is 17.8. The van der Waals surface area contributed by atoms with Gasteiger partial charge in [-0.05, 0) is 45.7 Å². The van der Waals surface area contributed by atoms with Crippen LogP contribution in [0, 0.1) is 0 Å². The number of hydrogen-bond acceptors (Lipinski definition) is 6. The second kappa shape index (κ2) is 8.13. The number of rotatable bonds is 4. The van der Waals surface area contributed by atoms with Crippen molar-refractivity contribution in [3.8, 4) is 11.5 Å². The Balaban J connectivity index is 1.33. The minimum atomic E-state index is -0.629. The van der Waals surface area contributed by atoms with Crippen LogP contribution in [-0.2, 0) is 9.53 Å². The van der Waals surface area contributed by atoms with Crippen molar-refractivity contribution in [2.24, 2.45) is 0 Å². The van der Waals surface area contributed by atoms with E-state index in [1.54, 1.807) is 0 Å². The molecular weight excluding hydrogens is 372 g/mol. The Kier molecular flexibility index (Phi) is 5.73. The maximum atomic E-state index is 12.3. The Hall–Kier alpha value is -1.83. The van der Waals surface area contributed by atoms with Gasteiger partial charge in [0.1, 0.15) is 19.3 Å². The smallest absolute Gasteiger partial charge is 0.249 e. The number of aliphatic hydroxyl groups is 1. The molecule has 7 nitrogen and oxygen atoms in total. The molecule has 3 aliphatic rings. The number of benzene rings is 1. The molecule has 160 valence electrons. The van der Waals surface area contributed by atoms with Crippen molar-refractivity contribution >= 4 is 5.91 Å². The molecule has 3 heterocycles. The Labute approximate surface area is 172 Å². The molecule has 4 rings (SSSR count). The molecule has 0 saturated carbocycles. The van der Waals surface area contributed by atoms with Crippen LogP contribution in [0.15, 0.2) is 24.3 Å². The van der Waals surface area contributed by atoms with Crippen molar-refractivity contribution in [3.05, 3.63) is 24.3 Å². The predicted molar refractivity (Wildman–Crippen MR) is 108 cm³/mol. The third kappa shape index (κ3) is 3.96. The topological polar surface area (TPSA) is 71.5 Å². The number of morpholine rings is 1. The van der Waals surface area contributed by atoms with E-state index in [4.69, 9.17) is 14.2 Å². The molecule has 2 fully saturated rings. The van der Waals surface area contributed by atoms with E-state index in [2.05, 4.69) is 25.7 Å². The van der Waals surface area contributed by atoms with E-state index in [0.29, 0.717) is 18.9 Å². The van der Waals surface area contributed by atoms with Gasteiger partial charge in [-0.1, -0.05) is 12.1 Å². The zero-order valence-electron chi connectivity index (χ0n) is 17.5. The van der Waals surface area contributed by atoms with Crippen LogP contribution in [0.5, 0.6) is 11.5 Å². The van der Waals surface area contributed by atoms with Gasteiger partial charge in [-0.2, -0.15) is 0 Å². The average molecular weight is 405 g/mol. The molecule has 7 heteroatoms. The zero-order chi connectivity index (χ0) is 20.6. The molecule has 3 atom stereocenters. The molecule has 0 aromatic heterocycles. The Bertz CT molecular complexity index is 732. The summed E-state index contributed by atoms with van der Waals surface area (Å²) in [6, 6.07) is 7.77. The van der Waals surface area contributed by atoms with Crippen LogP contribution >= 0.6 is 0 Å². The van der Waals surface area contributed by atoms with Gasteiger partial charge in [-0.15, -0.1) is 0 Å². The van der Waals surface area contributed by atoms with Crippen molar-refractivity contribution < 1.29 is 24.1 Å². The first-order chi connectivity index (χ1) is 13.9. The molecule has 1 spiro atoms. The van der Waals surface area contributed by atoms with Gasteiger partial charge in [0.15, 0.2) is 17.6 Å². The zero-order valence-corrected chi connectivity index (χ0v) is 17.5. The first kappa shape index (κ1) is 20.4. The number of nitrogens with zero attached hydrogens (tertiary/aromatic N) is 2. The van der Waals surface area contributed by atoms with Gasteiger partial charge in [0.05, 0.1) is 11.6 Å². The van der Waals surface area contributed by atoms with E-state index in [9.17, 15) is 9.90 Å². The minimum absolute atomic E-state index is 0.0578. The van der Waals surface area contributed by atoms with Crippen molar-refractivity contribution in [1.29, 1.82) is 0 Å². The van der Waals surface area contributed by atoms with Crippen molar-refractivity contribution in [1.82, 2.24) is 9.80 Å². The summed E-state index contributed by atoms with van der Waals surface area (Å²) in [6.07, 6.45) is 0.695. The third-order valence-corrected chi connectivity index (χ3v) is 6.61. The van der Waals surface area contributed by atoms with E-state index < -0.39 is 6.10 Å². The second-order valence-electron chi connectivity index (χ2n) is 8.71. The van der Waals surface area contributed by atoms with Crippen LogP contribution in [0.2, 0.25) is 0 Å². The molecule has 1 N–H and O–H groups in total. The van der Waals surface area contributed by atoms with Crippen LogP contribution in [-0.4, -0.2) is 83.6 Å². The first-order valence-electron chi connectivity index (χ1n) is 10.6. The lowest BCUT2D eigenvalue weighted by atomic mass is 9.82. The van der Waals surface area contributed by atoms with E-state index in [-0.39, 0.29) is 36.3 Å². The Morgan fingerprint density at radius 2 is 1.90 bits per heavy atom. The van der Waals surface area contributed by atoms with E-state index >= 15 is 0 Å². The number of carbonyl (C=O) groups excluding carboxylic acids is 1. The quantitative estimate of drug-likeness (QED) is 0.823. The van der Waals surface area contributed by atoms with Gasteiger partial charge in [0, 0.05) is 25.7 Å². The highest BCUT2D eigenvalue weighted by molar-refractivity contribution is 5.79. The summed E-state index contributed by atoms with van der Waals surface area (Å²) >= 11 is 0. The largest absolute Gasteiger partial charge is 0.486 e. The lowest BCUT2D eigenvalue weighted by Crippen LogP contribution is -2.65. The lowest BCUT2D eigenvalue weighted by molar-refractivity contribution is -0.191. The normalized spacial score (nSPS) is 28.0. The van der Waals surface area contributed by atoms with Crippen LogP contribution in [0.1, 0.15) is 33.6 Å². The standard InChI is InChI=1S/C22H32N2O5/c1-15(2)24-16(3)22(28-14-21(24)26)8-10-23(11-9-22)12-17(25)20-13-27-18-6-4-5-7-19(18)29-20/h4-7,15-17,20,25H,8-14H2,1-3H3. The summed E-state index contributed by atoms with van der Waals surface area (Å²) in [7, 11) is 0. The summed E-state index contributed by atoms with van der Waals surface area (Å²) in [6.45, 7) is 8.92. The summed E-state index contributed by atoms with van der Waals surface area (Å²) in [5.41, 5.74) is -0.289. The number of ether oxygens (including phenoxy) is 3. The number of piperidine rings is 1. The average Bonchev–Trinajstić information content (AvgIpc) is 2.72. The number of fused-ring (bicyclic) bond motifs is 1. The number of amides is 1. The maximum absolute atomic E-state index is 12.3. The molecular formula is C22H32N2O5. The van der Waals surface area contributed by atoms with Crippen molar-refractivity contribution in [2.45, 2.75) is 63.5 Å². The van der Waals surface area contributed by atoms with Gasteiger partial charge < -0.3 is 29.1 Å². The number of hydrogen-bond donors (Lipinski definition) is 1. The first-order valence-corrected chi connectivity index (χ1v) is 10.6. The van der Waals surface area contributed by atoms with E-state index in [0.717, 1.165) is 31.7 Å². The molecule has 3 aliphatic heterocycles. The van der Waals surface area contributed by atoms with Gasteiger partial charge in [-0.3, -0.25) is 4.79 Å². The van der Waals surface area contributed by atoms with Gasteiger partial charge >= 0.3 is 0 Å². The molecule has 2 saturated heterocycles. The number of aliphatic hydroxyl groups excluding tert-OH is 1. The monoisotopic (exact) mass is 404 g/mol. The highest BCUT2D eigenvalue weighted by Crippen LogP contribution is 2.37. The van der Waals surface area contributed by atoms with Gasteiger partial charge in [-0.25, -0.2) is 0 Å². The molecule has 3 unspecified atom stereocenters. The molecule has 0 bridgehead atoms. The molecule has 1 amide bonds. The fraction of sp³-hybridized carbons (Fsp3) is 0.682. The Morgan fingerprint density at radius 3 is 2.59 bits per heavy atom. The molecule has 29 heavy (non-hydrogen) atoms. The SMILES string of the molecule is CC(C)N1C(=O)COC2(CCN(CC(O)C3COc4ccccc4O3)CC2)C1C. The lowest BCUT2D eigenvalue weighted by Gasteiger charge is -2.53. The number of likely N-dealkylation sites (tertiary alicyclic amines) is 1. The number of β-amino-alcohol motifs (C(OH)–C–C–N with tert-alkyl or cyclic N) is 1. The highest BCUT2D eigenvalue weighted by Gasteiger charge is 2.48. The summed E-state index contributed by atoms with van der Waals surface area (Å²) in [5, 5.41) is 10.7. The van der Waals surface area contributed by atoms with Crippen molar-refractivity contribution in [3.63, 3.8) is 0 Å². The third-order valence-electron chi connectivity index (χ3n) is 6.61. The van der Waals surface area contributed by atoms with E-state index in [1.165, 1.54) is 0 Å². The Morgan fingerprint density at radius 1 is 1.21 bits per heavy atom. The predicted octanol–water partition coefficient (Wildman–Crippen LogP) is 1.68. The number of para-hydroxylation sites is 2. The summed E-state index contributed by atoms with van der Waals surface area (Å²) in [4.78, 5) is 16.5. The molecule has 1 aromatic rings. The number of carbonyl (C=O) groups is 1. The minimum Gasteiger partial charge on any atom is -0.486 e. The van der Waals surface area contributed by atoms with Gasteiger partial charge in [0.25, 0.3) is 0 Å². The second-order valence-corrected chi connectivity index (χ2v) is 8.71. The fourth-order valence-corrected chi connectivity index (χ4v) is 4.89. The van der Waals surface area contributed by atoms with Crippen LogP contribution in [0.25, 0.3) is 0 Å². The highest BCUT2D eigenvalue weighted by atomic mass is 16.6. The van der Waals surface area contributed by atoms with Crippen molar-refractivity contribution in [2.75, 3.05) is 32.8 Å². The van der Waals surface area contributed by atoms with Crippen LogP contribution in [0.4, 0.5) is 0 Å².